The molecule has 0 amide bonds. The summed E-state index contributed by atoms with van der Waals surface area (Å²) in [5, 5.41) is 0. The Morgan fingerprint density at radius 1 is 1.19 bits per heavy atom. The summed E-state index contributed by atoms with van der Waals surface area (Å²) < 4.78 is 14.5. The van der Waals surface area contributed by atoms with Gasteiger partial charge in [0.2, 0.25) is 5.95 Å². The van der Waals surface area contributed by atoms with Gasteiger partial charge in [0, 0.05) is 18.1 Å². The summed E-state index contributed by atoms with van der Waals surface area (Å²) in [6, 6.07) is 8.54. The molecule has 1 atom stereocenters. The van der Waals surface area contributed by atoms with Crippen LogP contribution in [-0.2, 0) is 11.0 Å². The van der Waals surface area contributed by atoms with E-state index < -0.39 is 11.0 Å². The molecule has 2 aromatic rings. The molecule has 0 spiro atoms. The third-order valence-electron chi connectivity index (χ3n) is 1.82. The summed E-state index contributed by atoms with van der Waals surface area (Å²) in [4.78, 5) is 8.43. The number of nitrogens with one attached hydrogen (secondary N) is 1. The van der Waals surface area contributed by atoms with E-state index in [9.17, 15) is 4.21 Å². The standard InChI is InChI=1S/C10H10N4OS/c11-8-3-1-4-9(7-8)16(15)14-10-12-5-2-6-13-10/h1-7H,11H2,(H,12,13,14). The number of aromatic nitrogens is 2. The van der Waals surface area contributed by atoms with Crippen molar-refractivity contribution in [3.8, 4) is 0 Å². The monoisotopic (exact) mass is 234 g/mol. The first-order valence-electron chi connectivity index (χ1n) is 4.57. The van der Waals surface area contributed by atoms with Crippen molar-refractivity contribution in [2.75, 3.05) is 10.5 Å². The normalized spacial score (nSPS) is 12.0. The van der Waals surface area contributed by atoms with E-state index in [0.717, 1.165) is 0 Å². The van der Waals surface area contributed by atoms with Gasteiger partial charge in [-0.15, -0.1) is 0 Å². The lowest BCUT2D eigenvalue weighted by Crippen LogP contribution is -2.07. The first-order chi connectivity index (χ1) is 7.75. The van der Waals surface area contributed by atoms with Gasteiger partial charge in [-0.3, -0.25) is 4.72 Å². The van der Waals surface area contributed by atoms with Crippen LogP contribution in [0.4, 0.5) is 11.6 Å². The molecule has 1 aromatic carbocycles. The Hall–Kier alpha value is -1.95. The van der Waals surface area contributed by atoms with Gasteiger partial charge in [0.15, 0.2) is 11.0 Å². The summed E-state index contributed by atoms with van der Waals surface area (Å²) in [6.45, 7) is 0. The molecule has 82 valence electrons. The first kappa shape index (κ1) is 10.6. The highest BCUT2D eigenvalue weighted by Gasteiger charge is 2.05. The summed E-state index contributed by atoms with van der Waals surface area (Å²) in [5.41, 5.74) is 6.17. The lowest BCUT2D eigenvalue weighted by molar-refractivity contribution is 0.686. The number of nitrogen functional groups attached to an aromatic ring is 1. The Morgan fingerprint density at radius 3 is 2.62 bits per heavy atom. The third-order valence-corrected chi connectivity index (χ3v) is 2.87. The van der Waals surface area contributed by atoms with E-state index in [1.54, 1.807) is 42.7 Å². The molecule has 0 fully saturated rings. The van der Waals surface area contributed by atoms with Crippen molar-refractivity contribution in [1.29, 1.82) is 0 Å². The van der Waals surface area contributed by atoms with E-state index in [0.29, 0.717) is 16.5 Å². The molecule has 1 aromatic heterocycles. The minimum atomic E-state index is -1.40. The SMILES string of the molecule is Nc1cccc(S(=O)Nc2ncccn2)c1. The number of hydrogen-bond donors (Lipinski definition) is 2. The maximum atomic E-state index is 11.8. The molecule has 3 N–H and O–H groups in total. The minimum Gasteiger partial charge on any atom is -0.399 e. The molecule has 0 saturated heterocycles. The largest absolute Gasteiger partial charge is 0.399 e. The molecule has 1 heterocycles. The zero-order valence-electron chi connectivity index (χ0n) is 8.33. The summed E-state index contributed by atoms with van der Waals surface area (Å²) in [7, 11) is -1.40. The van der Waals surface area contributed by atoms with Crippen molar-refractivity contribution < 1.29 is 4.21 Å². The van der Waals surface area contributed by atoms with Gasteiger partial charge in [-0.1, -0.05) is 6.07 Å². The van der Waals surface area contributed by atoms with Gasteiger partial charge >= 0.3 is 0 Å². The van der Waals surface area contributed by atoms with Crippen LogP contribution in [0.3, 0.4) is 0 Å². The average molecular weight is 234 g/mol. The van der Waals surface area contributed by atoms with Crippen molar-refractivity contribution >= 4 is 22.6 Å². The molecule has 0 aliphatic heterocycles. The van der Waals surface area contributed by atoms with E-state index >= 15 is 0 Å². The average Bonchev–Trinajstić information content (AvgIpc) is 2.30. The Bertz CT molecular complexity index is 503. The second kappa shape index (κ2) is 4.71. The molecule has 1 unspecified atom stereocenters. The third kappa shape index (κ3) is 2.54. The number of nitrogens with zero attached hydrogens (tertiary/aromatic N) is 2. The quantitative estimate of drug-likeness (QED) is 0.782. The molecular weight excluding hydrogens is 224 g/mol. The van der Waals surface area contributed by atoms with Crippen LogP contribution in [0.25, 0.3) is 0 Å². The van der Waals surface area contributed by atoms with E-state index in [1.807, 2.05) is 0 Å². The Morgan fingerprint density at radius 2 is 1.94 bits per heavy atom. The molecule has 0 aliphatic rings. The predicted molar refractivity (Wildman–Crippen MR) is 62.9 cm³/mol. The van der Waals surface area contributed by atoms with Gasteiger partial charge in [-0.05, 0) is 24.3 Å². The molecule has 0 saturated carbocycles. The van der Waals surface area contributed by atoms with E-state index in [2.05, 4.69) is 14.7 Å². The molecule has 16 heavy (non-hydrogen) atoms. The smallest absolute Gasteiger partial charge is 0.234 e. The van der Waals surface area contributed by atoms with Gasteiger partial charge in [0.1, 0.15) is 0 Å². The van der Waals surface area contributed by atoms with Crippen LogP contribution in [0.1, 0.15) is 0 Å². The summed E-state index contributed by atoms with van der Waals surface area (Å²) in [6.07, 6.45) is 3.15. The van der Waals surface area contributed by atoms with E-state index in [1.165, 1.54) is 0 Å². The second-order valence-corrected chi connectivity index (χ2v) is 4.23. The van der Waals surface area contributed by atoms with Crippen molar-refractivity contribution in [1.82, 2.24) is 9.97 Å². The van der Waals surface area contributed by atoms with Crippen LogP contribution in [0, 0.1) is 0 Å². The fourth-order valence-corrected chi connectivity index (χ4v) is 1.96. The van der Waals surface area contributed by atoms with Gasteiger partial charge in [-0.25, -0.2) is 14.2 Å². The predicted octanol–water partition coefficient (Wildman–Crippen LogP) is 1.19. The molecule has 0 radical (unpaired) electrons. The highest BCUT2D eigenvalue weighted by atomic mass is 32.2. The lowest BCUT2D eigenvalue weighted by Gasteiger charge is -2.04. The van der Waals surface area contributed by atoms with E-state index in [4.69, 9.17) is 5.73 Å². The Balaban J connectivity index is 2.15. The van der Waals surface area contributed by atoms with Crippen molar-refractivity contribution in [3.63, 3.8) is 0 Å². The highest BCUT2D eigenvalue weighted by Crippen LogP contribution is 2.11. The Kier molecular flexibility index (Phi) is 3.11. The molecule has 6 heteroatoms. The van der Waals surface area contributed by atoms with Gasteiger partial charge in [-0.2, -0.15) is 0 Å². The van der Waals surface area contributed by atoms with Crippen LogP contribution >= 0.6 is 0 Å². The van der Waals surface area contributed by atoms with Gasteiger partial charge in [0.25, 0.3) is 0 Å². The van der Waals surface area contributed by atoms with Crippen LogP contribution < -0.4 is 10.5 Å². The summed E-state index contributed by atoms with van der Waals surface area (Å²) in [5.74, 6) is 0.322. The minimum absolute atomic E-state index is 0.322. The molecular formula is C10H10N4OS. The van der Waals surface area contributed by atoms with Crippen LogP contribution in [0.15, 0.2) is 47.6 Å². The number of anilines is 2. The molecule has 0 bridgehead atoms. The zero-order chi connectivity index (χ0) is 11.4. The maximum absolute atomic E-state index is 11.8. The molecule has 2 rings (SSSR count). The second-order valence-electron chi connectivity index (χ2n) is 3.02. The topological polar surface area (TPSA) is 80.9 Å². The Labute approximate surface area is 95.3 Å². The van der Waals surface area contributed by atoms with Crippen molar-refractivity contribution in [2.45, 2.75) is 4.90 Å². The molecule has 0 aliphatic carbocycles. The van der Waals surface area contributed by atoms with Gasteiger partial charge < -0.3 is 5.73 Å². The number of hydrogen-bond acceptors (Lipinski definition) is 4. The number of nitrogens with two attached hydrogens (primary N) is 1. The first-order valence-corrected chi connectivity index (χ1v) is 5.72. The fourth-order valence-electron chi connectivity index (χ4n) is 1.12. The van der Waals surface area contributed by atoms with Crippen molar-refractivity contribution in [2.24, 2.45) is 0 Å². The van der Waals surface area contributed by atoms with Gasteiger partial charge in [0.05, 0.1) is 4.90 Å². The van der Waals surface area contributed by atoms with E-state index in [-0.39, 0.29) is 0 Å². The van der Waals surface area contributed by atoms with Crippen LogP contribution in [0.5, 0.6) is 0 Å². The van der Waals surface area contributed by atoms with Crippen LogP contribution in [-0.4, -0.2) is 14.2 Å². The number of benzene rings is 1. The summed E-state index contributed by atoms with van der Waals surface area (Å²) >= 11 is 0. The lowest BCUT2D eigenvalue weighted by atomic mass is 10.3. The number of rotatable bonds is 3. The highest BCUT2D eigenvalue weighted by molar-refractivity contribution is 7.86. The van der Waals surface area contributed by atoms with Crippen molar-refractivity contribution in [3.05, 3.63) is 42.7 Å². The maximum Gasteiger partial charge on any atom is 0.234 e. The molecule has 5 nitrogen and oxygen atoms in total. The fraction of sp³-hybridized carbons (Fsp3) is 0. The van der Waals surface area contributed by atoms with Crippen LogP contribution in [0.2, 0.25) is 0 Å². The zero-order valence-corrected chi connectivity index (χ0v) is 9.15.